The predicted octanol–water partition coefficient (Wildman–Crippen LogP) is 3.56. The van der Waals surface area contributed by atoms with Crippen LogP contribution < -0.4 is 15.2 Å². The molecule has 109 valence electrons. The Morgan fingerprint density at radius 3 is 2.52 bits per heavy atom. The SMILES string of the molecule is C=c1ccc2c(c1)Oc1c[c-]ccc1C=2c1ccc(C)cc1.[Y]. The summed E-state index contributed by atoms with van der Waals surface area (Å²) >= 11 is 0. The fourth-order valence-corrected chi connectivity index (χ4v) is 2.86. The fraction of sp³-hybridized carbons (Fsp3) is 0.0476. The summed E-state index contributed by atoms with van der Waals surface area (Å²) < 4.78 is 6.04. The van der Waals surface area contributed by atoms with Crippen molar-refractivity contribution in [3.8, 4) is 11.5 Å². The molecule has 3 aromatic carbocycles. The fourth-order valence-electron chi connectivity index (χ4n) is 2.86. The van der Waals surface area contributed by atoms with Crippen molar-refractivity contribution in [2.24, 2.45) is 0 Å². The van der Waals surface area contributed by atoms with E-state index in [0.717, 1.165) is 27.5 Å². The molecule has 3 aromatic rings. The van der Waals surface area contributed by atoms with Crippen molar-refractivity contribution in [3.05, 3.63) is 93.9 Å². The van der Waals surface area contributed by atoms with E-state index < -0.39 is 0 Å². The first-order chi connectivity index (χ1) is 10.7. The van der Waals surface area contributed by atoms with Gasteiger partial charge < -0.3 is 4.74 Å². The molecule has 0 atom stereocenters. The second kappa shape index (κ2) is 6.43. The minimum Gasteiger partial charge on any atom is -0.515 e. The molecule has 0 bridgehead atoms. The van der Waals surface area contributed by atoms with Gasteiger partial charge in [0.05, 0.1) is 0 Å². The van der Waals surface area contributed by atoms with Crippen LogP contribution in [0, 0.1) is 13.0 Å². The van der Waals surface area contributed by atoms with Crippen LogP contribution in [0.4, 0.5) is 0 Å². The summed E-state index contributed by atoms with van der Waals surface area (Å²) in [7, 11) is 0. The van der Waals surface area contributed by atoms with Crippen LogP contribution in [-0.4, -0.2) is 0 Å². The van der Waals surface area contributed by atoms with Gasteiger partial charge in [0.2, 0.25) is 0 Å². The summed E-state index contributed by atoms with van der Waals surface area (Å²) in [5, 5.41) is 2.06. The standard InChI is InChI=1S/C21H15O.Y/c1-14-7-10-16(11-8-14)21-17-5-3-4-6-19(17)22-20-13-15(2)9-12-18(20)21;/h3,5-13H,2H2,1H3;/q-1;. The van der Waals surface area contributed by atoms with Crippen molar-refractivity contribution in [2.75, 3.05) is 0 Å². The third-order valence-electron chi connectivity index (χ3n) is 3.97. The van der Waals surface area contributed by atoms with Crippen LogP contribution in [-0.2, 0) is 32.7 Å². The quantitative estimate of drug-likeness (QED) is 0.465. The molecule has 4 rings (SSSR count). The topological polar surface area (TPSA) is 9.23 Å². The summed E-state index contributed by atoms with van der Waals surface area (Å²) in [6.07, 6.45) is 0. The Bertz CT molecular complexity index is 971. The zero-order chi connectivity index (χ0) is 15.1. The second-order valence-corrected chi connectivity index (χ2v) is 5.60. The molecule has 1 nitrogen and oxygen atoms in total. The second-order valence-electron chi connectivity index (χ2n) is 5.60. The molecule has 23 heavy (non-hydrogen) atoms. The third-order valence-corrected chi connectivity index (χ3v) is 3.97. The van der Waals surface area contributed by atoms with E-state index in [9.17, 15) is 0 Å². The molecule has 0 aromatic heterocycles. The number of hydrogen-bond acceptors (Lipinski definition) is 1. The van der Waals surface area contributed by atoms with E-state index in [0.29, 0.717) is 0 Å². The number of ether oxygens (including phenoxy) is 1. The molecule has 0 N–H and O–H groups in total. The summed E-state index contributed by atoms with van der Waals surface area (Å²) in [6, 6.07) is 23.7. The molecular formula is C21H15OY-. The van der Waals surface area contributed by atoms with Crippen LogP contribution in [0.2, 0.25) is 0 Å². The molecule has 0 unspecified atom stereocenters. The van der Waals surface area contributed by atoms with Gasteiger partial charge in [-0.3, -0.25) is 0 Å². The van der Waals surface area contributed by atoms with Gasteiger partial charge in [-0.15, -0.1) is 6.07 Å². The molecular weight excluding hydrogens is 357 g/mol. The van der Waals surface area contributed by atoms with Crippen LogP contribution in [0.1, 0.15) is 16.7 Å². The van der Waals surface area contributed by atoms with Crippen LogP contribution in [0.3, 0.4) is 0 Å². The largest absolute Gasteiger partial charge is 0.515 e. The molecule has 2 heteroatoms. The van der Waals surface area contributed by atoms with Crippen molar-refractivity contribution < 1.29 is 37.4 Å². The van der Waals surface area contributed by atoms with E-state index in [-0.39, 0.29) is 32.7 Å². The van der Waals surface area contributed by atoms with Gasteiger partial charge in [0.15, 0.2) is 0 Å². The summed E-state index contributed by atoms with van der Waals surface area (Å²) in [5.74, 6) is 1.70. The Hall–Kier alpha value is -1.70. The first-order valence-corrected chi connectivity index (χ1v) is 7.31. The molecule has 1 radical (unpaired) electrons. The van der Waals surface area contributed by atoms with Gasteiger partial charge in [-0.1, -0.05) is 54.1 Å². The normalized spacial score (nSPS) is 11.8. The Labute approximate surface area is 161 Å². The van der Waals surface area contributed by atoms with Gasteiger partial charge in [0.1, 0.15) is 5.75 Å². The Morgan fingerprint density at radius 1 is 0.957 bits per heavy atom. The Morgan fingerprint density at radius 2 is 1.74 bits per heavy atom. The first-order valence-electron chi connectivity index (χ1n) is 7.31. The van der Waals surface area contributed by atoms with Crippen LogP contribution in [0.15, 0.2) is 60.7 Å². The van der Waals surface area contributed by atoms with Crippen molar-refractivity contribution in [1.29, 1.82) is 0 Å². The number of aryl methyl sites for hydroxylation is 1. The number of fused-ring (bicyclic) bond motifs is 2. The van der Waals surface area contributed by atoms with Crippen LogP contribution in [0.5, 0.6) is 11.5 Å². The van der Waals surface area contributed by atoms with E-state index in [1.165, 1.54) is 16.7 Å². The zero-order valence-corrected chi connectivity index (χ0v) is 15.8. The van der Waals surface area contributed by atoms with E-state index in [4.69, 9.17) is 4.74 Å². The summed E-state index contributed by atoms with van der Waals surface area (Å²) in [6.45, 7) is 6.10. The smallest absolute Gasteiger partial charge is 0.119 e. The minimum atomic E-state index is 0. The van der Waals surface area contributed by atoms with Crippen LogP contribution >= 0.6 is 0 Å². The minimum absolute atomic E-state index is 0. The van der Waals surface area contributed by atoms with Crippen molar-refractivity contribution >= 4 is 12.2 Å². The molecule has 1 aliphatic rings. The van der Waals surface area contributed by atoms with Gasteiger partial charge in [0, 0.05) is 43.7 Å². The summed E-state index contributed by atoms with van der Waals surface area (Å²) in [5.41, 5.74) is 4.75. The maximum absolute atomic E-state index is 6.04. The molecule has 0 saturated carbocycles. The van der Waals surface area contributed by atoms with Gasteiger partial charge in [-0.05, 0) is 29.3 Å². The molecule has 0 aliphatic carbocycles. The van der Waals surface area contributed by atoms with E-state index >= 15 is 0 Å². The molecule has 0 spiro atoms. The van der Waals surface area contributed by atoms with Gasteiger partial charge in [-0.25, -0.2) is 0 Å². The summed E-state index contributed by atoms with van der Waals surface area (Å²) in [4.78, 5) is 0. The van der Waals surface area contributed by atoms with Crippen molar-refractivity contribution in [3.63, 3.8) is 0 Å². The number of rotatable bonds is 1. The Kier molecular flexibility index (Phi) is 4.52. The van der Waals surface area contributed by atoms with Crippen molar-refractivity contribution in [2.45, 2.75) is 6.92 Å². The maximum atomic E-state index is 6.04. The average Bonchev–Trinajstić information content (AvgIpc) is 2.53. The molecule has 1 aliphatic heterocycles. The van der Waals surface area contributed by atoms with Gasteiger partial charge in [-0.2, -0.15) is 18.2 Å². The van der Waals surface area contributed by atoms with Gasteiger partial charge in [0.25, 0.3) is 0 Å². The van der Waals surface area contributed by atoms with Gasteiger partial charge >= 0.3 is 0 Å². The third kappa shape index (κ3) is 2.92. The molecule has 0 amide bonds. The maximum Gasteiger partial charge on any atom is 0.119 e. The molecule has 0 saturated heterocycles. The number of hydrogen-bond donors (Lipinski definition) is 0. The van der Waals surface area contributed by atoms with E-state index in [1.807, 2.05) is 24.3 Å². The zero-order valence-electron chi connectivity index (χ0n) is 13.0. The van der Waals surface area contributed by atoms with E-state index in [1.54, 1.807) is 0 Å². The Balaban J connectivity index is 0.00000156. The predicted molar refractivity (Wildman–Crippen MR) is 89.4 cm³/mol. The number of benzene rings is 3. The van der Waals surface area contributed by atoms with Crippen molar-refractivity contribution in [1.82, 2.24) is 0 Å². The van der Waals surface area contributed by atoms with E-state index in [2.05, 4.69) is 56.0 Å². The molecule has 1 heterocycles. The molecule has 0 fully saturated rings. The average molecular weight is 372 g/mol. The monoisotopic (exact) mass is 372 g/mol. The first kappa shape index (κ1) is 16.2. The van der Waals surface area contributed by atoms with Crippen LogP contribution in [0.25, 0.3) is 12.2 Å².